The predicted octanol–water partition coefficient (Wildman–Crippen LogP) is 0.636. The summed E-state index contributed by atoms with van der Waals surface area (Å²) in [5, 5.41) is 61.0. The second kappa shape index (κ2) is 15.1. The van der Waals surface area contributed by atoms with E-state index in [-0.39, 0.29) is 64.4 Å². The van der Waals surface area contributed by atoms with E-state index >= 15 is 0 Å². The van der Waals surface area contributed by atoms with Crippen molar-refractivity contribution >= 4 is 35.0 Å². The number of phenolic OH excluding ortho intramolecular Hbond substituents is 2. The minimum atomic E-state index is -2.16. The molecule has 0 bridgehead atoms. The first-order chi connectivity index (χ1) is 26.7. The van der Waals surface area contributed by atoms with Gasteiger partial charge in [-0.25, -0.2) is 5.43 Å². The second-order valence-corrected chi connectivity index (χ2v) is 15.1. The average Bonchev–Trinajstić information content (AvgIpc) is 3.49. The highest BCUT2D eigenvalue weighted by atomic mass is 16.7. The van der Waals surface area contributed by atoms with Crippen LogP contribution in [0.1, 0.15) is 94.5 Å². The fraction of sp³-hybridized carbons (Fsp3) is 0.487. The Morgan fingerprint density at radius 1 is 1.04 bits per heavy atom. The molecule has 1 saturated heterocycles. The van der Waals surface area contributed by atoms with E-state index in [4.69, 9.17) is 19.9 Å². The van der Waals surface area contributed by atoms with Gasteiger partial charge in [0.15, 0.2) is 12.1 Å². The van der Waals surface area contributed by atoms with Gasteiger partial charge in [0, 0.05) is 66.6 Å². The van der Waals surface area contributed by atoms with Crippen LogP contribution in [0, 0.1) is 11.8 Å². The van der Waals surface area contributed by atoms with E-state index in [1.54, 1.807) is 6.92 Å². The number of carbonyl (C=O) groups excluding carboxylic acids is 5. The molecule has 2 fully saturated rings. The number of phenols is 2. The Labute approximate surface area is 320 Å². The van der Waals surface area contributed by atoms with Gasteiger partial charge >= 0.3 is 0 Å². The third-order valence-corrected chi connectivity index (χ3v) is 11.7. The molecule has 1 saturated carbocycles. The van der Waals surface area contributed by atoms with Gasteiger partial charge in [0.25, 0.3) is 11.8 Å². The molecule has 0 radical (unpaired) electrons. The zero-order valence-electron chi connectivity index (χ0n) is 30.8. The maximum atomic E-state index is 14.0. The van der Waals surface area contributed by atoms with E-state index in [1.165, 1.54) is 42.4 Å². The van der Waals surface area contributed by atoms with Crippen LogP contribution in [0.25, 0.3) is 0 Å². The largest absolute Gasteiger partial charge is 0.507 e. The van der Waals surface area contributed by atoms with Gasteiger partial charge in [-0.1, -0.05) is 12.1 Å². The Bertz CT molecular complexity index is 2030. The van der Waals surface area contributed by atoms with Crippen molar-refractivity contribution in [1.82, 2.24) is 10.3 Å². The van der Waals surface area contributed by atoms with Gasteiger partial charge in [-0.2, -0.15) is 5.10 Å². The summed E-state index contributed by atoms with van der Waals surface area (Å²) in [6.45, 7) is 0.972. The number of hydrogen-bond acceptors (Lipinski definition) is 15. The lowest BCUT2D eigenvalue weighted by Gasteiger charge is -2.43. The standard InChI is InChI=1S/C39H44N4O13/c1-17-33(47)22(40)12-28(55-17)56-24-14-39(53,25(16-44)41-42-38(52)19-8-6-18(7-9-19)15-43-26(45)10-11-27(43)46)13-21-30(24)37(51)32-31(35(21)49)34(48)20-4-3-5-23(54-2)29(20)36(32)50/h3-5,10-11,17-19,22,24,28,33,44,47,49,51,53H,6-9,12-16,40H2,1-2H3,(H,42,52)/b41-25+/t17-,18?,19?,22-,24-,28-,33+,39-/m0/s1. The van der Waals surface area contributed by atoms with Crippen LogP contribution >= 0.6 is 0 Å². The van der Waals surface area contributed by atoms with Crippen LogP contribution in [0.3, 0.4) is 0 Å². The molecule has 2 aliphatic heterocycles. The Hall–Kier alpha value is -5.04. The fourth-order valence-electron chi connectivity index (χ4n) is 8.59. The molecule has 0 aromatic heterocycles. The van der Waals surface area contributed by atoms with Gasteiger partial charge in [-0.15, -0.1) is 0 Å². The molecule has 7 rings (SSSR count). The molecule has 3 amide bonds. The molecular formula is C39H44N4O13. The third-order valence-electron chi connectivity index (χ3n) is 11.7. The Kier molecular flexibility index (Phi) is 10.6. The number of aliphatic hydroxyl groups is 3. The predicted molar refractivity (Wildman–Crippen MR) is 194 cm³/mol. The average molecular weight is 777 g/mol. The number of rotatable bonds is 9. The number of ketones is 2. The summed E-state index contributed by atoms with van der Waals surface area (Å²) < 4.78 is 17.5. The van der Waals surface area contributed by atoms with Gasteiger partial charge in [0.05, 0.1) is 54.4 Å². The number of nitrogens with one attached hydrogen (secondary N) is 1. The molecule has 17 nitrogen and oxygen atoms in total. The molecular weight excluding hydrogens is 732 g/mol. The van der Waals surface area contributed by atoms with Crippen molar-refractivity contribution in [3.05, 3.63) is 63.7 Å². The number of ether oxygens (including phenoxy) is 3. The molecule has 17 heteroatoms. The van der Waals surface area contributed by atoms with Crippen molar-refractivity contribution in [1.29, 1.82) is 0 Å². The van der Waals surface area contributed by atoms with E-state index < -0.39 is 102 Å². The monoisotopic (exact) mass is 776 g/mol. The number of imide groups is 1. The maximum absolute atomic E-state index is 14.0. The van der Waals surface area contributed by atoms with E-state index in [1.807, 2.05) is 0 Å². The first-order valence-corrected chi connectivity index (χ1v) is 18.5. The first kappa shape index (κ1) is 39.2. The number of benzene rings is 2. The maximum Gasteiger partial charge on any atom is 0.253 e. The molecule has 0 spiro atoms. The lowest BCUT2D eigenvalue weighted by Crippen LogP contribution is -2.53. The molecule has 8 N–H and O–H groups in total. The van der Waals surface area contributed by atoms with Crippen molar-refractivity contribution in [2.45, 2.75) is 88.1 Å². The molecule has 2 aromatic rings. The number of hydrogen-bond donors (Lipinski definition) is 7. The number of methoxy groups -OCH3 is 1. The van der Waals surface area contributed by atoms with Gasteiger partial charge in [-0.05, 0) is 44.6 Å². The quantitative estimate of drug-likeness (QED) is 0.0681. The third kappa shape index (κ3) is 6.77. The summed E-state index contributed by atoms with van der Waals surface area (Å²) in [6, 6.07) is 3.59. The van der Waals surface area contributed by atoms with Crippen LogP contribution < -0.4 is 15.9 Å². The smallest absolute Gasteiger partial charge is 0.253 e. The van der Waals surface area contributed by atoms with Gasteiger partial charge in [0.1, 0.15) is 22.8 Å². The summed E-state index contributed by atoms with van der Waals surface area (Å²) in [5.41, 5.74) is 4.66. The van der Waals surface area contributed by atoms with Gasteiger partial charge < -0.3 is 45.5 Å². The van der Waals surface area contributed by atoms with Gasteiger partial charge in [-0.3, -0.25) is 28.9 Å². The van der Waals surface area contributed by atoms with E-state index in [9.17, 15) is 49.5 Å². The number of carbonyl (C=O) groups is 5. The SMILES string of the molecule is COc1cccc2c1C(=O)c1c(O)c3c(c(O)c1C2=O)C[C@@](O)(/C(CO)=N/NC(=O)C1CCC(CN2C(=O)C=CC2=O)CC1)C[C@@H]3O[C@H]1C[C@H](N)[C@H](O)[C@H](C)O1. The topological polar surface area (TPSA) is 268 Å². The highest BCUT2D eigenvalue weighted by molar-refractivity contribution is 6.31. The number of amides is 3. The highest BCUT2D eigenvalue weighted by Gasteiger charge is 2.50. The van der Waals surface area contributed by atoms with E-state index in [0.717, 1.165) is 0 Å². The van der Waals surface area contributed by atoms with Crippen LogP contribution in [-0.4, -0.2) is 116 Å². The number of nitrogens with two attached hydrogens (primary N) is 1. The number of nitrogens with zero attached hydrogens (tertiary/aromatic N) is 2. The zero-order chi connectivity index (χ0) is 40.2. The molecule has 5 aliphatic rings. The summed E-state index contributed by atoms with van der Waals surface area (Å²) in [4.78, 5) is 66.4. The molecule has 2 aromatic carbocycles. The summed E-state index contributed by atoms with van der Waals surface area (Å²) in [7, 11) is 1.32. The zero-order valence-corrected chi connectivity index (χ0v) is 30.8. The number of aliphatic hydroxyl groups excluding tert-OH is 2. The molecule has 298 valence electrons. The van der Waals surface area contributed by atoms with Gasteiger partial charge in [0.2, 0.25) is 11.7 Å². The van der Waals surface area contributed by atoms with Crippen LogP contribution in [0.5, 0.6) is 17.2 Å². The van der Waals surface area contributed by atoms with Crippen LogP contribution in [-0.2, 0) is 30.3 Å². The van der Waals surface area contributed by atoms with Crippen molar-refractivity contribution < 1.29 is 63.7 Å². The molecule has 0 unspecified atom stereocenters. The second-order valence-electron chi connectivity index (χ2n) is 15.1. The number of fused-ring (bicyclic) bond motifs is 3. The van der Waals surface area contributed by atoms with Crippen molar-refractivity contribution in [2.24, 2.45) is 22.7 Å². The molecule has 56 heavy (non-hydrogen) atoms. The molecule has 2 heterocycles. The summed E-state index contributed by atoms with van der Waals surface area (Å²) >= 11 is 0. The number of hydrazone groups is 1. The van der Waals surface area contributed by atoms with Crippen molar-refractivity contribution in [3.63, 3.8) is 0 Å². The lowest BCUT2D eigenvalue weighted by molar-refractivity contribution is -0.245. The lowest BCUT2D eigenvalue weighted by atomic mass is 9.71. The van der Waals surface area contributed by atoms with Crippen molar-refractivity contribution in [3.8, 4) is 17.2 Å². The minimum absolute atomic E-state index is 0.0176. The summed E-state index contributed by atoms with van der Waals surface area (Å²) in [5.74, 6) is -4.57. The number of aromatic hydroxyl groups is 2. The van der Waals surface area contributed by atoms with Crippen LogP contribution in [0.2, 0.25) is 0 Å². The van der Waals surface area contributed by atoms with E-state index in [0.29, 0.717) is 25.7 Å². The highest BCUT2D eigenvalue weighted by Crippen LogP contribution is 2.52. The van der Waals surface area contributed by atoms with Crippen LogP contribution in [0.4, 0.5) is 0 Å². The fourth-order valence-corrected chi connectivity index (χ4v) is 8.59. The van der Waals surface area contributed by atoms with Crippen molar-refractivity contribution in [2.75, 3.05) is 20.3 Å². The molecule has 6 atom stereocenters. The molecule has 3 aliphatic carbocycles. The summed E-state index contributed by atoms with van der Waals surface area (Å²) in [6.07, 6.45) is -0.810. The minimum Gasteiger partial charge on any atom is -0.507 e. The first-order valence-electron chi connectivity index (χ1n) is 18.5. The Balaban J connectivity index is 1.19. The Morgan fingerprint density at radius 3 is 2.36 bits per heavy atom. The Morgan fingerprint density at radius 2 is 1.71 bits per heavy atom. The normalized spacial score (nSPS) is 30.2. The van der Waals surface area contributed by atoms with Crippen LogP contribution in [0.15, 0.2) is 35.5 Å². The van der Waals surface area contributed by atoms with E-state index in [2.05, 4.69) is 10.5 Å².